The number of hydrogen-bond donors (Lipinski definition) is 1. The van der Waals surface area contributed by atoms with E-state index in [-0.39, 0.29) is 11.3 Å². The van der Waals surface area contributed by atoms with E-state index in [2.05, 4.69) is 18.3 Å². The van der Waals surface area contributed by atoms with E-state index < -0.39 is 0 Å². The molecule has 1 fully saturated rings. The van der Waals surface area contributed by atoms with Gasteiger partial charge >= 0.3 is 0 Å². The van der Waals surface area contributed by atoms with E-state index in [0.29, 0.717) is 11.1 Å². The molecule has 1 aliphatic rings. The summed E-state index contributed by atoms with van der Waals surface area (Å²) in [7, 11) is 0. The fourth-order valence-corrected chi connectivity index (χ4v) is 2.67. The summed E-state index contributed by atoms with van der Waals surface area (Å²) >= 11 is 0. The SMILES string of the molecule is CC1(CNC(=O)c2ccc(C#N)cc2)CCCCC1. The molecule has 0 bridgehead atoms. The van der Waals surface area contributed by atoms with Gasteiger partial charge in [-0.1, -0.05) is 26.2 Å². The number of nitrogens with one attached hydrogen (secondary N) is 1. The van der Waals surface area contributed by atoms with Crippen LogP contribution in [0.4, 0.5) is 0 Å². The van der Waals surface area contributed by atoms with E-state index in [1.54, 1.807) is 24.3 Å². The molecule has 19 heavy (non-hydrogen) atoms. The highest BCUT2D eigenvalue weighted by Crippen LogP contribution is 2.34. The number of hydrogen-bond acceptors (Lipinski definition) is 2. The molecule has 0 aromatic heterocycles. The second-order valence-corrected chi connectivity index (χ2v) is 5.74. The average Bonchev–Trinajstić information content (AvgIpc) is 2.46. The lowest BCUT2D eigenvalue weighted by molar-refractivity contribution is 0.0919. The van der Waals surface area contributed by atoms with Crippen molar-refractivity contribution in [2.75, 3.05) is 6.54 Å². The maximum absolute atomic E-state index is 12.0. The third-order valence-electron chi connectivity index (χ3n) is 4.01. The van der Waals surface area contributed by atoms with Crippen molar-refractivity contribution in [2.24, 2.45) is 5.41 Å². The molecule has 0 unspecified atom stereocenters. The number of nitrogens with zero attached hydrogens (tertiary/aromatic N) is 1. The Morgan fingerprint density at radius 3 is 2.47 bits per heavy atom. The number of carbonyl (C=O) groups is 1. The quantitative estimate of drug-likeness (QED) is 0.902. The molecule has 1 N–H and O–H groups in total. The molecule has 2 rings (SSSR count). The molecule has 0 radical (unpaired) electrons. The van der Waals surface area contributed by atoms with Crippen LogP contribution in [0.1, 0.15) is 54.9 Å². The highest BCUT2D eigenvalue weighted by atomic mass is 16.1. The van der Waals surface area contributed by atoms with Gasteiger partial charge in [0.1, 0.15) is 0 Å². The first-order valence-electron chi connectivity index (χ1n) is 6.91. The molecule has 0 aliphatic heterocycles. The first-order valence-corrected chi connectivity index (χ1v) is 6.91. The summed E-state index contributed by atoms with van der Waals surface area (Å²) in [6, 6.07) is 8.82. The largest absolute Gasteiger partial charge is 0.351 e. The summed E-state index contributed by atoms with van der Waals surface area (Å²) in [6.07, 6.45) is 6.24. The summed E-state index contributed by atoms with van der Waals surface area (Å²) in [5.74, 6) is -0.0451. The first-order chi connectivity index (χ1) is 9.13. The molecule has 3 nitrogen and oxygen atoms in total. The van der Waals surface area contributed by atoms with Gasteiger partial charge in [-0.25, -0.2) is 0 Å². The smallest absolute Gasteiger partial charge is 0.251 e. The lowest BCUT2D eigenvalue weighted by Gasteiger charge is -2.33. The zero-order valence-electron chi connectivity index (χ0n) is 11.4. The molecule has 1 saturated carbocycles. The number of rotatable bonds is 3. The van der Waals surface area contributed by atoms with Crippen LogP contribution in [-0.2, 0) is 0 Å². The Hall–Kier alpha value is -1.82. The van der Waals surface area contributed by atoms with Crippen LogP contribution in [0.5, 0.6) is 0 Å². The minimum absolute atomic E-state index is 0.0451. The van der Waals surface area contributed by atoms with Gasteiger partial charge in [0, 0.05) is 12.1 Å². The predicted molar refractivity (Wildman–Crippen MR) is 74.7 cm³/mol. The molecule has 1 aromatic carbocycles. The number of benzene rings is 1. The second-order valence-electron chi connectivity index (χ2n) is 5.74. The van der Waals surface area contributed by atoms with Crippen molar-refractivity contribution in [3.8, 4) is 6.07 Å². The summed E-state index contributed by atoms with van der Waals surface area (Å²) in [5.41, 5.74) is 1.45. The van der Waals surface area contributed by atoms with Crippen molar-refractivity contribution in [1.82, 2.24) is 5.32 Å². The lowest BCUT2D eigenvalue weighted by atomic mass is 9.76. The molecule has 0 heterocycles. The number of nitriles is 1. The maximum Gasteiger partial charge on any atom is 0.251 e. The van der Waals surface area contributed by atoms with Gasteiger partial charge in [0.05, 0.1) is 11.6 Å². The summed E-state index contributed by atoms with van der Waals surface area (Å²) in [4.78, 5) is 12.0. The molecule has 0 atom stereocenters. The summed E-state index contributed by atoms with van der Waals surface area (Å²) in [6.45, 7) is 3.00. The molecular weight excluding hydrogens is 236 g/mol. The topological polar surface area (TPSA) is 52.9 Å². The van der Waals surface area contributed by atoms with Crippen LogP contribution in [0.15, 0.2) is 24.3 Å². The van der Waals surface area contributed by atoms with Crippen LogP contribution in [0, 0.1) is 16.7 Å². The van der Waals surface area contributed by atoms with Gasteiger partial charge in [0.25, 0.3) is 5.91 Å². The van der Waals surface area contributed by atoms with Crippen molar-refractivity contribution < 1.29 is 4.79 Å². The van der Waals surface area contributed by atoms with Crippen LogP contribution in [0.3, 0.4) is 0 Å². The fourth-order valence-electron chi connectivity index (χ4n) is 2.67. The van der Waals surface area contributed by atoms with Gasteiger partial charge in [0.2, 0.25) is 0 Å². The molecule has 1 aliphatic carbocycles. The molecular formula is C16H20N2O. The van der Waals surface area contributed by atoms with Crippen molar-refractivity contribution in [3.05, 3.63) is 35.4 Å². The van der Waals surface area contributed by atoms with E-state index in [0.717, 1.165) is 6.54 Å². The highest BCUT2D eigenvalue weighted by molar-refractivity contribution is 5.94. The van der Waals surface area contributed by atoms with Gasteiger partial charge in [-0.05, 0) is 42.5 Å². The van der Waals surface area contributed by atoms with E-state index in [4.69, 9.17) is 5.26 Å². The molecule has 0 spiro atoms. The minimum atomic E-state index is -0.0451. The average molecular weight is 256 g/mol. The lowest BCUT2D eigenvalue weighted by Crippen LogP contribution is -2.37. The maximum atomic E-state index is 12.0. The van der Waals surface area contributed by atoms with Crippen LogP contribution >= 0.6 is 0 Å². The van der Waals surface area contributed by atoms with Crippen LogP contribution in [-0.4, -0.2) is 12.5 Å². The normalized spacial score (nSPS) is 17.5. The van der Waals surface area contributed by atoms with Crippen LogP contribution in [0.2, 0.25) is 0 Å². The van der Waals surface area contributed by atoms with Gasteiger partial charge in [0.15, 0.2) is 0 Å². The van der Waals surface area contributed by atoms with Crippen molar-refractivity contribution in [2.45, 2.75) is 39.0 Å². The van der Waals surface area contributed by atoms with Crippen LogP contribution < -0.4 is 5.32 Å². The van der Waals surface area contributed by atoms with Gasteiger partial charge in [-0.15, -0.1) is 0 Å². The Bertz CT molecular complexity index is 478. The van der Waals surface area contributed by atoms with E-state index in [9.17, 15) is 4.79 Å². The van der Waals surface area contributed by atoms with Gasteiger partial charge < -0.3 is 5.32 Å². The monoisotopic (exact) mass is 256 g/mol. The third-order valence-corrected chi connectivity index (χ3v) is 4.01. The molecule has 1 amide bonds. The minimum Gasteiger partial charge on any atom is -0.351 e. The Labute approximate surface area is 114 Å². The third kappa shape index (κ3) is 3.57. The fraction of sp³-hybridized carbons (Fsp3) is 0.500. The van der Waals surface area contributed by atoms with Gasteiger partial charge in [-0.2, -0.15) is 5.26 Å². The predicted octanol–water partition coefficient (Wildman–Crippen LogP) is 3.26. The Morgan fingerprint density at radius 2 is 1.89 bits per heavy atom. The van der Waals surface area contributed by atoms with E-state index in [1.165, 1.54) is 32.1 Å². The van der Waals surface area contributed by atoms with Crippen molar-refractivity contribution in [3.63, 3.8) is 0 Å². The Kier molecular flexibility index (Phi) is 4.21. The highest BCUT2D eigenvalue weighted by Gasteiger charge is 2.27. The Morgan fingerprint density at radius 1 is 1.26 bits per heavy atom. The molecule has 3 heteroatoms. The van der Waals surface area contributed by atoms with Gasteiger partial charge in [-0.3, -0.25) is 4.79 Å². The van der Waals surface area contributed by atoms with Crippen LogP contribution in [0.25, 0.3) is 0 Å². The number of amides is 1. The second kappa shape index (κ2) is 5.88. The van der Waals surface area contributed by atoms with E-state index >= 15 is 0 Å². The summed E-state index contributed by atoms with van der Waals surface area (Å²) < 4.78 is 0. The zero-order valence-corrected chi connectivity index (χ0v) is 11.4. The standard InChI is InChI=1S/C16H20N2O/c1-16(9-3-2-4-10-16)12-18-15(19)14-7-5-13(11-17)6-8-14/h5-8H,2-4,9-10,12H2,1H3,(H,18,19). The number of carbonyl (C=O) groups excluding carboxylic acids is 1. The van der Waals surface area contributed by atoms with Crippen molar-refractivity contribution >= 4 is 5.91 Å². The molecule has 1 aromatic rings. The molecule has 0 saturated heterocycles. The Balaban J connectivity index is 1.91. The van der Waals surface area contributed by atoms with E-state index in [1.807, 2.05) is 0 Å². The molecule has 100 valence electrons. The van der Waals surface area contributed by atoms with Crippen molar-refractivity contribution in [1.29, 1.82) is 5.26 Å². The first kappa shape index (κ1) is 13.6. The summed E-state index contributed by atoms with van der Waals surface area (Å²) in [5, 5.41) is 11.7. The zero-order chi connectivity index (χ0) is 13.7.